The molecule has 0 amide bonds. The fraction of sp³-hybridized carbons (Fsp3) is 0.357. The first kappa shape index (κ1) is 26.2. The molecule has 35 heavy (non-hydrogen) atoms. The van der Waals surface area contributed by atoms with Crippen molar-refractivity contribution in [1.82, 2.24) is 0 Å². The van der Waals surface area contributed by atoms with Crippen molar-refractivity contribution < 1.29 is 34.4 Å². The van der Waals surface area contributed by atoms with Crippen LogP contribution in [0.3, 0.4) is 0 Å². The second kappa shape index (κ2) is 11.8. The number of aromatic carboxylic acids is 1. The second-order valence-electron chi connectivity index (χ2n) is 8.55. The summed E-state index contributed by atoms with van der Waals surface area (Å²) in [5.41, 5.74) is 2.38. The van der Waals surface area contributed by atoms with E-state index in [0.29, 0.717) is 29.9 Å². The molecule has 0 aliphatic carbocycles. The highest BCUT2D eigenvalue weighted by Gasteiger charge is 2.22. The zero-order chi connectivity index (χ0) is 25.5. The highest BCUT2D eigenvalue weighted by Crippen LogP contribution is 2.31. The first-order chi connectivity index (χ1) is 16.7. The minimum absolute atomic E-state index is 0.0587. The Kier molecular flexibility index (Phi) is 8.84. The van der Waals surface area contributed by atoms with Crippen molar-refractivity contribution in [2.45, 2.75) is 58.8 Å². The minimum Gasteiger partial charge on any atom is -0.490 e. The smallest absolute Gasteiger partial charge is 0.335 e. The van der Waals surface area contributed by atoms with Crippen molar-refractivity contribution in [1.29, 1.82) is 0 Å². The Bertz CT molecular complexity index is 1200. The summed E-state index contributed by atoms with van der Waals surface area (Å²) in [4.78, 5) is 23.1. The van der Waals surface area contributed by atoms with Gasteiger partial charge in [0.1, 0.15) is 24.2 Å². The SMILES string of the molecule is CCCc1cc(C(C)=O)ccc1OC(O)C(O)COc1ccc2ccc(C(=O)O)cc2c1CCC. The highest BCUT2D eigenvalue weighted by atomic mass is 16.6. The molecule has 7 nitrogen and oxygen atoms in total. The maximum absolute atomic E-state index is 11.7. The van der Waals surface area contributed by atoms with Crippen LogP contribution in [-0.2, 0) is 12.8 Å². The number of fused-ring (bicyclic) bond motifs is 1. The molecule has 7 heteroatoms. The molecule has 186 valence electrons. The molecular formula is C28H32O7. The molecule has 0 aromatic heterocycles. The molecule has 0 aliphatic rings. The summed E-state index contributed by atoms with van der Waals surface area (Å²) >= 11 is 0. The van der Waals surface area contributed by atoms with Gasteiger partial charge in [-0.1, -0.05) is 38.8 Å². The highest BCUT2D eigenvalue weighted by molar-refractivity contribution is 5.96. The zero-order valence-corrected chi connectivity index (χ0v) is 20.3. The lowest BCUT2D eigenvalue weighted by atomic mass is 9.98. The summed E-state index contributed by atoms with van der Waals surface area (Å²) in [6.45, 7) is 5.28. The van der Waals surface area contributed by atoms with Crippen LogP contribution in [-0.4, -0.2) is 46.1 Å². The lowest BCUT2D eigenvalue weighted by Crippen LogP contribution is -2.36. The van der Waals surface area contributed by atoms with Crippen molar-refractivity contribution in [2.24, 2.45) is 0 Å². The first-order valence-corrected chi connectivity index (χ1v) is 11.8. The number of aryl methyl sites for hydroxylation is 2. The molecule has 3 aromatic carbocycles. The van der Waals surface area contributed by atoms with E-state index in [-0.39, 0.29) is 18.0 Å². The van der Waals surface area contributed by atoms with Gasteiger partial charge in [0.25, 0.3) is 0 Å². The van der Waals surface area contributed by atoms with E-state index in [1.54, 1.807) is 42.5 Å². The van der Waals surface area contributed by atoms with Crippen molar-refractivity contribution in [3.63, 3.8) is 0 Å². The van der Waals surface area contributed by atoms with Gasteiger partial charge in [-0.05, 0) is 72.5 Å². The van der Waals surface area contributed by atoms with E-state index in [2.05, 4.69) is 0 Å². The predicted molar refractivity (Wildman–Crippen MR) is 133 cm³/mol. The van der Waals surface area contributed by atoms with Gasteiger partial charge >= 0.3 is 5.97 Å². The maximum atomic E-state index is 11.7. The average molecular weight is 481 g/mol. The topological polar surface area (TPSA) is 113 Å². The van der Waals surface area contributed by atoms with Crippen molar-refractivity contribution in [2.75, 3.05) is 6.61 Å². The second-order valence-corrected chi connectivity index (χ2v) is 8.55. The first-order valence-electron chi connectivity index (χ1n) is 11.8. The number of Topliss-reactive ketones (excluding diaryl/α,β-unsaturated/α-hetero) is 1. The molecule has 0 saturated carbocycles. The van der Waals surface area contributed by atoms with Crippen molar-refractivity contribution in [3.8, 4) is 11.5 Å². The molecule has 0 spiro atoms. The van der Waals surface area contributed by atoms with Gasteiger partial charge in [-0.2, -0.15) is 0 Å². The Morgan fingerprint density at radius 2 is 1.54 bits per heavy atom. The summed E-state index contributed by atoms with van der Waals surface area (Å²) in [6, 6.07) is 13.6. The van der Waals surface area contributed by atoms with Gasteiger partial charge in [0, 0.05) is 11.1 Å². The molecule has 2 atom stereocenters. The van der Waals surface area contributed by atoms with E-state index >= 15 is 0 Å². The molecule has 0 aliphatic heterocycles. The number of rotatable bonds is 12. The van der Waals surface area contributed by atoms with Crippen LogP contribution in [0.15, 0.2) is 48.5 Å². The van der Waals surface area contributed by atoms with Crippen LogP contribution in [0.1, 0.15) is 65.5 Å². The van der Waals surface area contributed by atoms with E-state index in [9.17, 15) is 24.9 Å². The molecule has 3 aromatic rings. The Morgan fingerprint density at radius 3 is 2.20 bits per heavy atom. The van der Waals surface area contributed by atoms with Crippen LogP contribution in [0.2, 0.25) is 0 Å². The Labute approximate surface area is 204 Å². The fourth-order valence-corrected chi connectivity index (χ4v) is 3.98. The third kappa shape index (κ3) is 6.38. The van der Waals surface area contributed by atoms with Gasteiger partial charge < -0.3 is 24.8 Å². The number of carboxylic acid groups (broad SMARTS) is 1. The fourth-order valence-electron chi connectivity index (χ4n) is 3.98. The van der Waals surface area contributed by atoms with E-state index in [4.69, 9.17) is 9.47 Å². The summed E-state index contributed by atoms with van der Waals surface area (Å²) in [7, 11) is 0. The molecule has 3 rings (SSSR count). The summed E-state index contributed by atoms with van der Waals surface area (Å²) in [6.07, 6.45) is 0.0808. The third-order valence-corrected chi connectivity index (χ3v) is 5.81. The van der Waals surface area contributed by atoms with Gasteiger partial charge in [0.2, 0.25) is 6.29 Å². The molecule has 0 heterocycles. The van der Waals surface area contributed by atoms with Crippen molar-refractivity contribution in [3.05, 3.63) is 70.8 Å². The number of benzene rings is 3. The number of ketones is 1. The largest absolute Gasteiger partial charge is 0.490 e. The van der Waals surface area contributed by atoms with Crippen LogP contribution < -0.4 is 9.47 Å². The molecule has 0 saturated heterocycles. The lowest BCUT2D eigenvalue weighted by Gasteiger charge is -2.22. The van der Waals surface area contributed by atoms with Crippen LogP contribution in [0.4, 0.5) is 0 Å². The standard InChI is InChI=1S/C28H32O7/c1-4-6-20-14-19(17(3)29)11-12-25(20)35-28(33)24(30)16-34-26-13-10-18-8-9-21(27(31)32)15-23(18)22(26)7-5-2/h8-15,24,28,30,33H,4-7,16H2,1-3H3,(H,31,32). The number of ether oxygens (including phenoxy) is 2. The van der Waals surface area contributed by atoms with Gasteiger partial charge in [-0.25, -0.2) is 4.79 Å². The normalized spacial score (nSPS) is 12.8. The minimum atomic E-state index is -1.54. The number of carbonyl (C=O) groups is 2. The van der Waals surface area contributed by atoms with Crippen LogP contribution in [0.25, 0.3) is 10.8 Å². The predicted octanol–water partition coefficient (Wildman–Crippen LogP) is 4.78. The van der Waals surface area contributed by atoms with E-state index in [1.807, 2.05) is 19.9 Å². The van der Waals surface area contributed by atoms with Gasteiger partial charge in [-0.15, -0.1) is 0 Å². The quantitative estimate of drug-likeness (QED) is 0.252. The number of carboxylic acids is 1. The van der Waals surface area contributed by atoms with E-state index < -0.39 is 18.4 Å². The summed E-state index contributed by atoms with van der Waals surface area (Å²) in [5, 5.41) is 32.0. The Balaban J connectivity index is 1.77. The number of hydrogen-bond acceptors (Lipinski definition) is 6. The number of carbonyl (C=O) groups excluding carboxylic acids is 1. The average Bonchev–Trinajstić information content (AvgIpc) is 2.84. The zero-order valence-electron chi connectivity index (χ0n) is 20.3. The van der Waals surface area contributed by atoms with Gasteiger partial charge in [0.05, 0.1) is 5.56 Å². The molecule has 0 fully saturated rings. The Morgan fingerprint density at radius 1 is 0.886 bits per heavy atom. The number of aliphatic hydroxyl groups excluding tert-OH is 2. The van der Waals surface area contributed by atoms with Crippen LogP contribution in [0.5, 0.6) is 11.5 Å². The monoisotopic (exact) mass is 480 g/mol. The molecule has 0 radical (unpaired) electrons. The maximum Gasteiger partial charge on any atom is 0.335 e. The van der Waals surface area contributed by atoms with Gasteiger partial charge in [0.15, 0.2) is 5.78 Å². The van der Waals surface area contributed by atoms with Gasteiger partial charge in [-0.3, -0.25) is 4.79 Å². The molecule has 0 bridgehead atoms. The Hall–Kier alpha value is -3.42. The number of aliphatic hydroxyl groups is 2. The van der Waals surface area contributed by atoms with Crippen LogP contribution in [0, 0.1) is 0 Å². The summed E-state index contributed by atoms with van der Waals surface area (Å²) < 4.78 is 11.5. The van der Waals surface area contributed by atoms with Crippen LogP contribution >= 0.6 is 0 Å². The van der Waals surface area contributed by atoms with E-state index in [1.165, 1.54) is 6.92 Å². The third-order valence-electron chi connectivity index (χ3n) is 5.81. The molecule has 2 unspecified atom stereocenters. The summed E-state index contributed by atoms with van der Waals surface area (Å²) in [5.74, 6) is -0.139. The lowest BCUT2D eigenvalue weighted by molar-refractivity contribution is -0.115. The van der Waals surface area contributed by atoms with E-state index in [0.717, 1.165) is 34.7 Å². The number of hydrogen-bond donors (Lipinski definition) is 3. The molecular weight excluding hydrogens is 448 g/mol. The molecule has 3 N–H and O–H groups in total. The van der Waals surface area contributed by atoms with Crippen molar-refractivity contribution >= 4 is 22.5 Å².